The van der Waals surface area contributed by atoms with Crippen molar-refractivity contribution in [3.63, 3.8) is 0 Å². The molecule has 0 amide bonds. The van der Waals surface area contributed by atoms with Gasteiger partial charge in [-0.3, -0.25) is 0 Å². The third-order valence-electron chi connectivity index (χ3n) is 1.30. The van der Waals surface area contributed by atoms with E-state index in [-0.39, 0.29) is 0 Å². The Morgan fingerprint density at radius 1 is 1.27 bits per heavy atom. The fourth-order valence-electron chi connectivity index (χ4n) is 0.851. The van der Waals surface area contributed by atoms with Crippen LogP contribution in [-0.4, -0.2) is 4.98 Å². The molecule has 11 heavy (non-hydrogen) atoms. The van der Waals surface area contributed by atoms with Gasteiger partial charge < -0.3 is 5.73 Å². The summed E-state index contributed by atoms with van der Waals surface area (Å²) < 4.78 is 0. The Balaban J connectivity index is 2.56. The van der Waals surface area contributed by atoms with Crippen LogP contribution in [0, 0.1) is 0 Å². The van der Waals surface area contributed by atoms with Gasteiger partial charge in [0.1, 0.15) is 0 Å². The fourth-order valence-corrected chi connectivity index (χ4v) is 2.17. The molecule has 0 saturated heterocycles. The Kier molecular flexibility index (Phi) is 1.71. The number of anilines is 1. The van der Waals surface area contributed by atoms with Crippen LogP contribution in [0.2, 0.25) is 0 Å². The number of fused-ring (bicyclic) bond motifs is 1. The summed E-state index contributed by atoms with van der Waals surface area (Å²) >= 11 is 3.17. The lowest BCUT2D eigenvalue weighted by Gasteiger charge is -1.81. The van der Waals surface area contributed by atoms with Crippen molar-refractivity contribution in [2.24, 2.45) is 0 Å². The van der Waals surface area contributed by atoms with Gasteiger partial charge in [0.15, 0.2) is 5.13 Å². The Bertz CT molecular complexity index is 296. The molecule has 0 radical (unpaired) electrons. The molecule has 1 aromatic heterocycles. The maximum atomic E-state index is 5.54. The van der Waals surface area contributed by atoms with E-state index >= 15 is 0 Å². The molecule has 0 aromatic carbocycles. The quantitative estimate of drug-likeness (QED) is 0.669. The molecule has 0 fully saturated rings. The molecule has 0 atom stereocenters. The second kappa shape index (κ2) is 2.71. The molecule has 1 aromatic rings. The standard InChI is InChI=1S/C7H6N2S2/c8-7-9-5-1-3-10-4-2-6(5)11-7/h1-4H,(H2,8,9). The van der Waals surface area contributed by atoms with E-state index in [2.05, 4.69) is 4.98 Å². The van der Waals surface area contributed by atoms with Crippen molar-refractivity contribution >= 4 is 40.4 Å². The number of nitrogens with two attached hydrogens (primary N) is 1. The van der Waals surface area contributed by atoms with E-state index < -0.39 is 0 Å². The van der Waals surface area contributed by atoms with E-state index in [1.54, 1.807) is 11.8 Å². The minimum atomic E-state index is 0.635. The molecule has 0 aliphatic carbocycles. The molecular formula is C7H6N2S2. The zero-order valence-corrected chi connectivity index (χ0v) is 7.28. The Labute approximate surface area is 72.8 Å². The van der Waals surface area contributed by atoms with Gasteiger partial charge in [0.2, 0.25) is 0 Å². The highest BCUT2D eigenvalue weighted by Gasteiger charge is 2.04. The SMILES string of the molecule is Nc1nc2c(s1)C=CSC=C2. The summed E-state index contributed by atoms with van der Waals surface area (Å²) in [6.07, 6.45) is 4.01. The molecule has 0 bridgehead atoms. The molecule has 1 aliphatic rings. The lowest BCUT2D eigenvalue weighted by atomic mass is 10.3. The first-order valence-corrected chi connectivity index (χ1v) is 4.87. The maximum Gasteiger partial charge on any atom is 0.181 e. The van der Waals surface area contributed by atoms with Gasteiger partial charge in [0.25, 0.3) is 0 Å². The zero-order valence-electron chi connectivity index (χ0n) is 5.65. The topological polar surface area (TPSA) is 38.9 Å². The van der Waals surface area contributed by atoms with E-state index in [9.17, 15) is 0 Å². The minimum absolute atomic E-state index is 0.635. The first-order chi connectivity index (χ1) is 5.36. The van der Waals surface area contributed by atoms with Crippen molar-refractivity contribution in [3.8, 4) is 0 Å². The summed E-state index contributed by atoms with van der Waals surface area (Å²) in [4.78, 5) is 5.30. The molecule has 56 valence electrons. The van der Waals surface area contributed by atoms with Crippen LogP contribution in [-0.2, 0) is 0 Å². The number of rotatable bonds is 0. The van der Waals surface area contributed by atoms with E-state index in [1.165, 1.54) is 11.3 Å². The van der Waals surface area contributed by atoms with Crippen molar-refractivity contribution < 1.29 is 0 Å². The number of aromatic nitrogens is 1. The summed E-state index contributed by atoms with van der Waals surface area (Å²) in [7, 11) is 0. The molecule has 2 N–H and O–H groups in total. The van der Waals surface area contributed by atoms with Gasteiger partial charge in [0, 0.05) is 0 Å². The minimum Gasteiger partial charge on any atom is -0.375 e. The van der Waals surface area contributed by atoms with Crippen molar-refractivity contribution in [1.82, 2.24) is 4.98 Å². The molecule has 0 saturated carbocycles. The number of nitrogens with zero attached hydrogens (tertiary/aromatic N) is 1. The van der Waals surface area contributed by atoms with Crippen LogP contribution in [0.15, 0.2) is 10.8 Å². The van der Waals surface area contributed by atoms with E-state index in [0.717, 1.165) is 10.6 Å². The predicted molar refractivity (Wildman–Crippen MR) is 52.2 cm³/mol. The average Bonchev–Trinajstić information content (AvgIpc) is 2.17. The summed E-state index contributed by atoms with van der Waals surface area (Å²) in [6, 6.07) is 0. The van der Waals surface area contributed by atoms with E-state index in [0.29, 0.717) is 5.13 Å². The largest absolute Gasteiger partial charge is 0.375 e. The fraction of sp³-hybridized carbons (Fsp3) is 0. The lowest BCUT2D eigenvalue weighted by molar-refractivity contribution is 1.38. The van der Waals surface area contributed by atoms with Gasteiger partial charge in [-0.05, 0) is 23.0 Å². The number of hydrogen-bond acceptors (Lipinski definition) is 4. The van der Waals surface area contributed by atoms with Gasteiger partial charge in [-0.2, -0.15) is 0 Å². The van der Waals surface area contributed by atoms with Crippen molar-refractivity contribution in [1.29, 1.82) is 0 Å². The second-order valence-corrected chi connectivity index (χ2v) is 3.92. The normalized spacial score (nSPS) is 14.5. The summed E-state index contributed by atoms with van der Waals surface area (Å²) in [6.45, 7) is 0. The van der Waals surface area contributed by atoms with Crippen LogP contribution in [0.5, 0.6) is 0 Å². The first kappa shape index (κ1) is 6.94. The van der Waals surface area contributed by atoms with Crippen LogP contribution in [0.3, 0.4) is 0 Å². The van der Waals surface area contributed by atoms with E-state index in [1.807, 2.05) is 23.0 Å². The lowest BCUT2D eigenvalue weighted by Crippen LogP contribution is -1.80. The predicted octanol–water partition coefficient (Wildman–Crippen LogP) is 2.41. The zero-order chi connectivity index (χ0) is 7.68. The van der Waals surface area contributed by atoms with Gasteiger partial charge in [-0.25, -0.2) is 4.98 Å². The van der Waals surface area contributed by atoms with Crippen molar-refractivity contribution in [3.05, 3.63) is 21.4 Å². The second-order valence-electron chi connectivity index (χ2n) is 2.04. The molecule has 0 unspecified atom stereocenters. The van der Waals surface area contributed by atoms with Crippen LogP contribution >= 0.6 is 23.1 Å². The number of thioether (sulfide) groups is 1. The third kappa shape index (κ3) is 1.32. The first-order valence-electron chi connectivity index (χ1n) is 3.11. The maximum absolute atomic E-state index is 5.54. The molecule has 2 nitrogen and oxygen atoms in total. The highest BCUT2D eigenvalue weighted by molar-refractivity contribution is 8.05. The molecule has 1 aliphatic heterocycles. The molecular weight excluding hydrogens is 176 g/mol. The number of hydrogen-bond donors (Lipinski definition) is 1. The van der Waals surface area contributed by atoms with Crippen molar-refractivity contribution in [2.75, 3.05) is 5.73 Å². The molecule has 0 spiro atoms. The number of nitrogen functional groups attached to an aromatic ring is 1. The van der Waals surface area contributed by atoms with Crippen molar-refractivity contribution in [2.45, 2.75) is 0 Å². The summed E-state index contributed by atoms with van der Waals surface area (Å²) in [5.74, 6) is 0. The summed E-state index contributed by atoms with van der Waals surface area (Å²) in [5, 5.41) is 4.66. The average molecular weight is 182 g/mol. The monoisotopic (exact) mass is 182 g/mol. The van der Waals surface area contributed by atoms with Crippen LogP contribution in [0.1, 0.15) is 10.6 Å². The Morgan fingerprint density at radius 2 is 2.09 bits per heavy atom. The Hall–Kier alpha value is -0.740. The molecule has 2 rings (SSSR count). The van der Waals surface area contributed by atoms with Gasteiger partial charge in [-0.15, -0.1) is 11.8 Å². The molecule has 2 heterocycles. The van der Waals surface area contributed by atoms with Gasteiger partial charge in [0.05, 0.1) is 10.6 Å². The van der Waals surface area contributed by atoms with Gasteiger partial charge >= 0.3 is 0 Å². The third-order valence-corrected chi connectivity index (χ3v) is 2.75. The van der Waals surface area contributed by atoms with Crippen LogP contribution < -0.4 is 5.73 Å². The van der Waals surface area contributed by atoms with Crippen LogP contribution in [0.25, 0.3) is 12.2 Å². The van der Waals surface area contributed by atoms with E-state index in [4.69, 9.17) is 5.73 Å². The summed E-state index contributed by atoms with van der Waals surface area (Å²) in [5.41, 5.74) is 6.52. The highest BCUT2D eigenvalue weighted by Crippen LogP contribution is 2.27. The van der Waals surface area contributed by atoms with Gasteiger partial charge in [-0.1, -0.05) is 11.3 Å². The number of thiazole rings is 1. The Morgan fingerprint density at radius 3 is 3.00 bits per heavy atom. The molecule has 4 heteroatoms. The smallest absolute Gasteiger partial charge is 0.181 e. The highest BCUT2D eigenvalue weighted by atomic mass is 32.2. The van der Waals surface area contributed by atoms with Crippen LogP contribution in [0.4, 0.5) is 5.13 Å².